The molecule has 2 nitrogen and oxygen atoms in total. The van der Waals surface area contributed by atoms with Crippen molar-refractivity contribution in [3.05, 3.63) is 28.5 Å². The molecule has 0 saturated carbocycles. The van der Waals surface area contributed by atoms with Gasteiger partial charge in [0.1, 0.15) is 11.2 Å². The molecule has 0 aromatic carbocycles. The van der Waals surface area contributed by atoms with E-state index in [1.807, 2.05) is 12.1 Å². The topological polar surface area (TPSA) is 36.7 Å². The molecular weight excluding hydrogens is 172 g/mol. The quantitative estimate of drug-likeness (QED) is 0.656. The summed E-state index contributed by atoms with van der Waals surface area (Å²) in [6.45, 7) is 2.08. The van der Waals surface area contributed by atoms with Gasteiger partial charge in [-0.2, -0.15) is 5.26 Å². The number of nitriles is 1. The fourth-order valence-electron chi connectivity index (χ4n) is 0.951. The molecular formula is C9H9ClN2. The van der Waals surface area contributed by atoms with E-state index in [1.165, 1.54) is 0 Å². The van der Waals surface area contributed by atoms with Crippen molar-refractivity contribution in [2.45, 2.75) is 19.8 Å². The number of aryl methyl sites for hydroxylation is 1. The molecule has 0 N–H and O–H groups in total. The predicted octanol–water partition coefficient (Wildman–Crippen LogP) is 2.56. The Kier molecular flexibility index (Phi) is 3.07. The van der Waals surface area contributed by atoms with Crippen LogP contribution in [0.2, 0.25) is 5.15 Å². The number of hydrogen-bond acceptors (Lipinski definition) is 2. The summed E-state index contributed by atoms with van der Waals surface area (Å²) in [5.74, 6) is 0. The molecule has 0 aliphatic carbocycles. The van der Waals surface area contributed by atoms with Gasteiger partial charge in [0.15, 0.2) is 0 Å². The van der Waals surface area contributed by atoms with Crippen LogP contribution in [0.15, 0.2) is 12.1 Å². The second-order valence-electron chi connectivity index (χ2n) is 2.50. The molecule has 1 aromatic heterocycles. The number of halogens is 1. The van der Waals surface area contributed by atoms with Crippen LogP contribution in [0.3, 0.4) is 0 Å². The number of rotatable bonds is 2. The van der Waals surface area contributed by atoms with Crippen LogP contribution in [0, 0.1) is 11.3 Å². The van der Waals surface area contributed by atoms with E-state index in [2.05, 4.69) is 11.9 Å². The molecule has 3 heteroatoms. The maximum Gasteiger partial charge on any atom is 0.147 e. The normalized spacial score (nSPS) is 9.42. The molecule has 0 unspecified atom stereocenters. The zero-order valence-electron chi connectivity index (χ0n) is 6.84. The van der Waals surface area contributed by atoms with Crippen molar-refractivity contribution >= 4 is 11.6 Å². The average molecular weight is 181 g/mol. The zero-order valence-corrected chi connectivity index (χ0v) is 7.60. The van der Waals surface area contributed by atoms with Crippen LogP contribution < -0.4 is 0 Å². The summed E-state index contributed by atoms with van der Waals surface area (Å²) in [5.41, 5.74) is 1.39. The van der Waals surface area contributed by atoms with Crippen LogP contribution in [-0.2, 0) is 6.42 Å². The summed E-state index contributed by atoms with van der Waals surface area (Å²) < 4.78 is 0. The van der Waals surface area contributed by atoms with Gasteiger partial charge in [-0.3, -0.25) is 0 Å². The van der Waals surface area contributed by atoms with Crippen molar-refractivity contribution < 1.29 is 0 Å². The smallest absolute Gasteiger partial charge is 0.147 e. The first-order valence-corrected chi connectivity index (χ1v) is 4.21. The molecule has 62 valence electrons. The molecule has 0 bridgehead atoms. The maximum atomic E-state index is 8.56. The molecule has 0 atom stereocenters. The Morgan fingerprint density at radius 1 is 1.58 bits per heavy atom. The van der Waals surface area contributed by atoms with E-state index in [-0.39, 0.29) is 0 Å². The summed E-state index contributed by atoms with van der Waals surface area (Å²) in [4.78, 5) is 4.08. The highest BCUT2D eigenvalue weighted by atomic mass is 35.5. The summed E-state index contributed by atoms with van der Waals surface area (Å²) in [5, 5.41) is 8.87. The van der Waals surface area contributed by atoms with Gasteiger partial charge in [-0.05, 0) is 18.6 Å². The van der Waals surface area contributed by atoms with Gasteiger partial charge < -0.3 is 0 Å². The predicted molar refractivity (Wildman–Crippen MR) is 48.0 cm³/mol. The third-order valence-electron chi connectivity index (χ3n) is 1.53. The van der Waals surface area contributed by atoms with Gasteiger partial charge in [-0.25, -0.2) is 4.98 Å². The molecule has 0 spiro atoms. The Labute approximate surface area is 76.8 Å². The van der Waals surface area contributed by atoms with Gasteiger partial charge >= 0.3 is 0 Å². The number of hydrogen-bond donors (Lipinski definition) is 0. The second kappa shape index (κ2) is 4.08. The number of nitrogens with zero attached hydrogens (tertiary/aromatic N) is 2. The molecule has 0 saturated heterocycles. The molecule has 0 radical (unpaired) electrons. The van der Waals surface area contributed by atoms with Gasteiger partial charge in [0.25, 0.3) is 0 Å². The van der Waals surface area contributed by atoms with Crippen LogP contribution in [0.5, 0.6) is 0 Å². The van der Waals surface area contributed by atoms with E-state index in [0.29, 0.717) is 10.7 Å². The highest BCUT2D eigenvalue weighted by molar-refractivity contribution is 6.30. The largest absolute Gasteiger partial charge is 0.240 e. The standard InChI is InChI=1S/C9H9ClN2/c1-2-3-8-5-4-7(6-11)9(10)12-8/h4-5H,2-3H2,1H3. The molecule has 0 aliphatic rings. The Bertz CT molecular complexity index is 315. The van der Waals surface area contributed by atoms with Crippen LogP contribution in [0.4, 0.5) is 0 Å². The van der Waals surface area contributed by atoms with Crippen molar-refractivity contribution in [2.24, 2.45) is 0 Å². The highest BCUT2D eigenvalue weighted by Crippen LogP contribution is 2.13. The van der Waals surface area contributed by atoms with Crippen molar-refractivity contribution in [3.8, 4) is 6.07 Å². The Morgan fingerprint density at radius 2 is 2.33 bits per heavy atom. The summed E-state index contributed by atoms with van der Waals surface area (Å²) in [6.07, 6.45) is 1.95. The third-order valence-corrected chi connectivity index (χ3v) is 1.82. The van der Waals surface area contributed by atoms with Gasteiger partial charge in [0.2, 0.25) is 0 Å². The van der Waals surface area contributed by atoms with E-state index >= 15 is 0 Å². The minimum absolute atomic E-state index is 0.309. The second-order valence-corrected chi connectivity index (χ2v) is 2.86. The first-order chi connectivity index (χ1) is 5.77. The summed E-state index contributed by atoms with van der Waals surface area (Å²) >= 11 is 5.73. The van der Waals surface area contributed by atoms with E-state index in [0.717, 1.165) is 18.5 Å². The number of aromatic nitrogens is 1. The Hall–Kier alpha value is -1.07. The first kappa shape index (κ1) is 9.02. The fourth-order valence-corrected chi connectivity index (χ4v) is 1.16. The lowest BCUT2D eigenvalue weighted by Gasteiger charge is -1.98. The van der Waals surface area contributed by atoms with Crippen LogP contribution >= 0.6 is 11.6 Å². The fraction of sp³-hybridized carbons (Fsp3) is 0.333. The van der Waals surface area contributed by atoms with Crippen LogP contribution in [0.25, 0.3) is 0 Å². The summed E-state index contributed by atoms with van der Waals surface area (Å²) in [6, 6.07) is 5.52. The molecule has 1 rings (SSSR count). The molecule has 0 aliphatic heterocycles. The zero-order chi connectivity index (χ0) is 8.97. The first-order valence-electron chi connectivity index (χ1n) is 3.83. The van der Waals surface area contributed by atoms with E-state index in [9.17, 15) is 0 Å². The Morgan fingerprint density at radius 3 is 2.83 bits per heavy atom. The average Bonchev–Trinajstić information content (AvgIpc) is 2.05. The molecule has 1 heterocycles. The van der Waals surface area contributed by atoms with Gasteiger partial charge in [-0.1, -0.05) is 24.9 Å². The van der Waals surface area contributed by atoms with Crippen LogP contribution in [0.1, 0.15) is 24.6 Å². The van der Waals surface area contributed by atoms with Gasteiger partial charge in [-0.15, -0.1) is 0 Å². The van der Waals surface area contributed by atoms with Crippen molar-refractivity contribution in [1.29, 1.82) is 5.26 Å². The van der Waals surface area contributed by atoms with Crippen molar-refractivity contribution in [2.75, 3.05) is 0 Å². The van der Waals surface area contributed by atoms with Gasteiger partial charge in [0, 0.05) is 5.69 Å². The lowest BCUT2D eigenvalue weighted by atomic mass is 10.2. The minimum atomic E-state index is 0.309. The third kappa shape index (κ3) is 1.96. The van der Waals surface area contributed by atoms with Gasteiger partial charge in [0.05, 0.1) is 5.56 Å². The van der Waals surface area contributed by atoms with Crippen molar-refractivity contribution in [1.82, 2.24) is 4.98 Å². The Balaban J connectivity index is 2.96. The van der Waals surface area contributed by atoms with Crippen molar-refractivity contribution in [3.63, 3.8) is 0 Å². The summed E-state index contributed by atoms with van der Waals surface area (Å²) in [7, 11) is 0. The maximum absolute atomic E-state index is 8.56. The minimum Gasteiger partial charge on any atom is -0.240 e. The lowest BCUT2D eigenvalue weighted by molar-refractivity contribution is 0.882. The highest BCUT2D eigenvalue weighted by Gasteiger charge is 2.01. The van der Waals surface area contributed by atoms with E-state index < -0.39 is 0 Å². The van der Waals surface area contributed by atoms with E-state index in [4.69, 9.17) is 16.9 Å². The van der Waals surface area contributed by atoms with Crippen LogP contribution in [-0.4, -0.2) is 4.98 Å². The lowest BCUT2D eigenvalue weighted by Crippen LogP contribution is -1.90. The molecule has 0 amide bonds. The molecule has 0 fully saturated rings. The molecule has 1 aromatic rings. The number of pyridine rings is 1. The monoisotopic (exact) mass is 180 g/mol. The van der Waals surface area contributed by atoms with E-state index in [1.54, 1.807) is 6.07 Å². The SMILES string of the molecule is CCCc1ccc(C#N)c(Cl)n1. The molecule has 12 heavy (non-hydrogen) atoms.